The predicted molar refractivity (Wildman–Crippen MR) is 78.3 cm³/mol. The van der Waals surface area contributed by atoms with Gasteiger partial charge in [0.2, 0.25) is 0 Å². The third kappa shape index (κ3) is 3.71. The average molecular weight is 314 g/mol. The van der Waals surface area contributed by atoms with Crippen LogP contribution in [0.4, 0.5) is 10.1 Å². The van der Waals surface area contributed by atoms with Gasteiger partial charge in [0, 0.05) is 29.1 Å². The molecule has 0 atom stereocenters. The molecule has 1 N–H and O–H groups in total. The average Bonchev–Trinajstić information content (AvgIpc) is 2.37. The topological polar surface area (TPSA) is 46.2 Å². The van der Waals surface area contributed by atoms with Crippen LogP contribution in [0, 0.1) is 5.82 Å². The molecule has 0 amide bonds. The van der Waals surface area contributed by atoms with E-state index < -0.39 is 9.84 Å². The Labute approximate surface area is 122 Å². The summed E-state index contributed by atoms with van der Waals surface area (Å²) in [5, 5.41) is 3.37. The number of hydrogen-bond acceptors (Lipinski definition) is 3. The fraction of sp³-hybridized carbons (Fsp3) is 0.143. The number of rotatable bonds is 4. The molecule has 2 rings (SSSR count). The van der Waals surface area contributed by atoms with Crippen molar-refractivity contribution < 1.29 is 12.8 Å². The van der Waals surface area contributed by atoms with E-state index in [0.29, 0.717) is 22.8 Å². The first-order valence-electron chi connectivity index (χ1n) is 5.84. The molecular formula is C14H13ClFNO2S. The summed E-state index contributed by atoms with van der Waals surface area (Å²) in [5.74, 6) is -0.377. The summed E-state index contributed by atoms with van der Waals surface area (Å²) in [6.45, 7) is 0.293. The van der Waals surface area contributed by atoms with Crippen LogP contribution >= 0.6 is 11.6 Å². The van der Waals surface area contributed by atoms with Gasteiger partial charge in [0.15, 0.2) is 9.84 Å². The van der Waals surface area contributed by atoms with Gasteiger partial charge >= 0.3 is 0 Å². The highest BCUT2D eigenvalue weighted by molar-refractivity contribution is 7.90. The lowest BCUT2D eigenvalue weighted by atomic mass is 10.2. The highest BCUT2D eigenvalue weighted by Gasteiger charge is 2.06. The van der Waals surface area contributed by atoms with E-state index >= 15 is 0 Å². The molecule has 0 fully saturated rings. The molecule has 106 valence electrons. The standard InChI is InChI=1S/C14H13ClFNO2S/c1-20(18,19)13-6-4-12(5-7-13)17-9-10-2-3-11(15)8-14(10)16/h2-8,17H,9H2,1H3. The molecule has 0 heterocycles. The van der Waals surface area contributed by atoms with Crippen molar-refractivity contribution in [3.05, 3.63) is 58.9 Å². The van der Waals surface area contributed by atoms with Gasteiger partial charge in [0.05, 0.1) is 4.90 Å². The summed E-state index contributed by atoms with van der Waals surface area (Å²) in [5.41, 5.74) is 1.20. The Morgan fingerprint density at radius 1 is 1.15 bits per heavy atom. The van der Waals surface area contributed by atoms with Crippen molar-refractivity contribution in [3.8, 4) is 0 Å². The molecule has 0 spiro atoms. The van der Waals surface area contributed by atoms with Crippen molar-refractivity contribution in [3.63, 3.8) is 0 Å². The molecule has 0 saturated heterocycles. The molecular weight excluding hydrogens is 301 g/mol. The van der Waals surface area contributed by atoms with Crippen molar-refractivity contribution in [2.24, 2.45) is 0 Å². The van der Waals surface area contributed by atoms with Crippen molar-refractivity contribution in [2.75, 3.05) is 11.6 Å². The molecule has 0 bridgehead atoms. The quantitative estimate of drug-likeness (QED) is 0.939. The zero-order valence-corrected chi connectivity index (χ0v) is 12.3. The molecule has 0 aliphatic rings. The maximum Gasteiger partial charge on any atom is 0.175 e. The van der Waals surface area contributed by atoms with E-state index in [-0.39, 0.29) is 10.7 Å². The largest absolute Gasteiger partial charge is 0.381 e. The lowest BCUT2D eigenvalue weighted by Crippen LogP contribution is -2.02. The van der Waals surface area contributed by atoms with E-state index in [1.165, 1.54) is 18.2 Å². The Morgan fingerprint density at radius 2 is 1.80 bits per heavy atom. The molecule has 0 aromatic heterocycles. The van der Waals surface area contributed by atoms with Crippen molar-refractivity contribution in [1.29, 1.82) is 0 Å². The van der Waals surface area contributed by atoms with Gasteiger partial charge in [-0.25, -0.2) is 12.8 Å². The molecule has 0 saturated carbocycles. The van der Waals surface area contributed by atoms with Crippen LogP contribution in [0.25, 0.3) is 0 Å². The smallest absolute Gasteiger partial charge is 0.175 e. The highest BCUT2D eigenvalue weighted by Crippen LogP contribution is 2.18. The molecule has 6 heteroatoms. The van der Waals surface area contributed by atoms with Crippen LogP contribution in [0.1, 0.15) is 5.56 Å². The number of halogens is 2. The van der Waals surface area contributed by atoms with Crippen molar-refractivity contribution in [1.82, 2.24) is 0 Å². The van der Waals surface area contributed by atoms with Gasteiger partial charge in [0.25, 0.3) is 0 Å². The first-order chi connectivity index (χ1) is 9.36. The van der Waals surface area contributed by atoms with Crippen molar-refractivity contribution >= 4 is 27.1 Å². The summed E-state index contributed by atoms with van der Waals surface area (Å²) >= 11 is 5.68. The zero-order valence-electron chi connectivity index (χ0n) is 10.7. The van der Waals surface area contributed by atoms with E-state index in [9.17, 15) is 12.8 Å². The predicted octanol–water partition coefficient (Wildman–Crippen LogP) is 3.49. The molecule has 0 unspecified atom stereocenters. The van der Waals surface area contributed by atoms with E-state index in [1.807, 2.05) is 0 Å². The number of anilines is 1. The van der Waals surface area contributed by atoms with Crippen LogP contribution in [0.15, 0.2) is 47.4 Å². The summed E-state index contributed by atoms with van der Waals surface area (Å²) < 4.78 is 36.2. The molecule has 2 aromatic rings. The van der Waals surface area contributed by atoms with Crippen LogP contribution in [0.3, 0.4) is 0 Å². The Bertz CT molecular complexity index is 714. The number of nitrogens with one attached hydrogen (secondary N) is 1. The second-order valence-corrected chi connectivity index (χ2v) is 6.84. The maximum atomic E-state index is 13.6. The van der Waals surface area contributed by atoms with Gasteiger partial charge in [-0.05, 0) is 36.4 Å². The van der Waals surface area contributed by atoms with Crippen LogP contribution in [-0.2, 0) is 16.4 Å². The number of hydrogen-bond donors (Lipinski definition) is 1. The summed E-state index contributed by atoms with van der Waals surface area (Å²) in [6, 6.07) is 10.8. The molecule has 2 aromatic carbocycles. The third-order valence-corrected chi connectivity index (χ3v) is 4.14. The van der Waals surface area contributed by atoms with Gasteiger partial charge in [-0.1, -0.05) is 17.7 Å². The molecule has 3 nitrogen and oxygen atoms in total. The van der Waals surface area contributed by atoms with Gasteiger partial charge in [0.1, 0.15) is 5.82 Å². The monoisotopic (exact) mass is 313 g/mol. The molecule has 0 aliphatic heterocycles. The second-order valence-electron chi connectivity index (χ2n) is 4.39. The van der Waals surface area contributed by atoms with Crippen LogP contribution < -0.4 is 5.32 Å². The minimum Gasteiger partial charge on any atom is -0.381 e. The summed E-state index contributed by atoms with van der Waals surface area (Å²) in [7, 11) is -3.20. The van der Waals surface area contributed by atoms with Gasteiger partial charge in [-0.15, -0.1) is 0 Å². The van der Waals surface area contributed by atoms with Gasteiger partial charge in [-0.2, -0.15) is 0 Å². The zero-order chi connectivity index (χ0) is 14.8. The van der Waals surface area contributed by atoms with Gasteiger partial charge in [-0.3, -0.25) is 0 Å². The van der Waals surface area contributed by atoms with Crippen LogP contribution in [0.2, 0.25) is 5.02 Å². The molecule has 20 heavy (non-hydrogen) atoms. The molecule has 0 radical (unpaired) electrons. The van der Waals surface area contributed by atoms with E-state index in [1.54, 1.807) is 24.3 Å². The van der Waals surface area contributed by atoms with Crippen LogP contribution in [0.5, 0.6) is 0 Å². The lowest BCUT2D eigenvalue weighted by Gasteiger charge is -2.08. The Morgan fingerprint density at radius 3 is 2.35 bits per heavy atom. The minimum absolute atomic E-state index is 0.251. The summed E-state index contributed by atoms with van der Waals surface area (Å²) in [4.78, 5) is 0.251. The van der Waals surface area contributed by atoms with E-state index in [2.05, 4.69) is 5.32 Å². The van der Waals surface area contributed by atoms with Gasteiger partial charge < -0.3 is 5.32 Å². The third-order valence-electron chi connectivity index (χ3n) is 2.78. The summed E-state index contributed by atoms with van der Waals surface area (Å²) in [6.07, 6.45) is 1.15. The Kier molecular flexibility index (Phi) is 4.30. The fourth-order valence-corrected chi connectivity index (χ4v) is 2.47. The second kappa shape index (κ2) is 5.81. The van der Waals surface area contributed by atoms with E-state index in [4.69, 9.17) is 11.6 Å². The van der Waals surface area contributed by atoms with Crippen molar-refractivity contribution in [2.45, 2.75) is 11.4 Å². The van der Waals surface area contributed by atoms with E-state index in [0.717, 1.165) is 6.26 Å². The highest BCUT2D eigenvalue weighted by atomic mass is 35.5. The minimum atomic E-state index is -3.20. The normalized spacial score (nSPS) is 11.3. The number of benzene rings is 2. The lowest BCUT2D eigenvalue weighted by molar-refractivity contribution is 0.602. The first-order valence-corrected chi connectivity index (χ1v) is 8.11. The maximum absolute atomic E-state index is 13.6. The number of sulfone groups is 1. The Hall–Kier alpha value is -1.59. The SMILES string of the molecule is CS(=O)(=O)c1ccc(NCc2ccc(Cl)cc2F)cc1. The molecule has 0 aliphatic carbocycles. The van der Waals surface area contributed by atoms with Crippen LogP contribution in [-0.4, -0.2) is 14.7 Å². The Balaban J connectivity index is 2.08. The first kappa shape index (κ1) is 14.8. The fourth-order valence-electron chi connectivity index (χ4n) is 1.68.